The Bertz CT molecular complexity index is 709. The highest BCUT2D eigenvalue weighted by Crippen LogP contribution is 2.28. The zero-order valence-electron chi connectivity index (χ0n) is 9.02. The number of aliphatic hydroxyl groups excluding tert-OH is 1. The lowest BCUT2D eigenvalue weighted by molar-refractivity contribution is 0.283. The average Bonchev–Trinajstić information content (AvgIpc) is 2.37. The molecule has 0 spiro atoms. The zero-order valence-corrected chi connectivity index (χ0v) is 9.02. The quantitative estimate of drug-likeness (QED) is 0.648. The van der Waals surface area contributed by atoms with Crippen LogP contribution in [0.15, 0.2) is 42.7 Å². The number of pyridine rings is 1. The van der Waals surface area contributed by atoms with E-state index in [1.165, 1.54) is 12.1 Å². The van der Waals surface area contributed by atoms with E-state index in [1.807, 2.05) is 12.1 Å². The van der Waals surface area contributed by atoms with E-state index in [2.05, 4.69) is 4.98 Å². The Kier molecular flexibility index (Phi) is 2.27. The lowest BCUT2D eigenvalue weighted by atomic mass is 9.99. The molecule has 3 rings (SSSR count). The molecule has 0 saturated heterocycles. The molecule has 0 aliphatic rings. The van der Waals surface area contributed by atoms with Gasteiger partial charge in [0.25, 0.3) is 0 Å². The second-order valence-corrected chi connectivity index (χ2v) is 3.98. The topological polar surface area (TPSA) is 33.1 Å². The maximum atomic E-state index is 13.3. The Hall–Kier alpha value is -2.00. The van der Waals surface area contributed by atoms with E-state index in [4.69, 9.17) is 0 Å². The fraction of sp³-hybridized carbons (Fsp3) is 0.0714. The Balaban J connectivity index is 2.56. The summed E-state index contributed by atoms with van der Waals surface area (Å²) in [5.41, 5.74) is 0.804. The van der Waals surface area contributed by atoms with Gasteiger partial charge in [0.2, 0.25) is 0 Å². The summed E-state index contributed by atoms with van der Waals surface area (Å²) < 4.78 is 13.3. The van der Waals surface area contributed by atoms with Gasteiger partial charge in [-0.2, -0.15) is 0 Å². The summed E-state index contributed by atoms with van der Waals surface area (Å²) in [5.74, 6) is -0.280. The molecule has 1 heterocycles. The van der Waals surface area contributed by atoms with Crippen LogP contribution >= 0.6 is 0 Å². The van der Waals surface area contributed by atoms with Crippen molar-refractivity contribution in [1.82, 2.24) is 4.98 Å². The van der Waals surface area contributed by atoms with Crippen LogP contribution in [-0.2, 0) is 6.61 Å². The van der Waals surface area contributed by atoms with Crippen molar-refractivity contribution in [1.29, 1.82) is 0 Å². The second kappa shape index (κ2) is 3.79. The first kappa shape index (κ1) is 10.2. The van der Waals surface area contributed by atoms with Gasteiger partial charge in [-0.05, 0) is 46.0 Å². The first-order valence-electron chi connectivity index (χ1n) is 5.35. The van der Waals surface area contributed by atoms with Gasteiger partial charge < -0.3 is 5.11 Å². The number of benzene rings is 2. The minimum atomic E-state index is -0.280. The van der Waals surface area contributed by atoms with E-state index in [0.717, 1.165) is 27.1 Å². The number of hydrogen-bond donors (Lipinski definition) is 1. The third-order valence-electron chi connectivity index (χ3n) is 2.97. The highest BCUT2D eigenvalue weighted by atomic mass is 19.1. The predicted molar refractivity (Wildman–Crippen MR) is 65.1 cm³/mol. The summed E-state index contributed by atoms with van der Waals surface area (Å²) >= 11 is 0. The molecule has 0 bridgehead atoms. The summed E-state index contributed by atoms with van der Waals surface area (Å²) in [6.45, 7) is -0.0552. The van der Waals surface area contributed by atoms with E-state index in [0.29, 0.717) is 0 Å². The molecule has 0 amide bonds. The van der Waals surface area contributed by atoms with Crippen LogP contribution in [0, 0.1) is 5.82 Å². The summed E-state index contributed by atoms with van der Waals surface area (Å²) in [7, 11) is 0. The molecule has 0 aliphatic carbocycles. The van der Waals surface area contributed by atoms with Gasteiger partial charge in [0.1, 0.15) is 5.82 Å². The monoisotopic (exact) mass is 227 g/mol. The standard InChI is InChI=1S/C14H10FNO/c15-11-1-2-12-10(8-17)5-9-3-4-16-7-14(9)13(12)6-11/h1-7,17H,8H2. The minimum absolute atomic E-state index is 0.0552. The molecular formula is C14H10FNO. The fourth-order valence-electron chi connectivity index (χ4n) is 2.17. The van der Waals surface area contributed by atoms with Crippen molar-refractivity contribution in [3.63, 3.8) is 0 Å². The Morgan fingerprint density at radius 1 is 1.06 bits per heavy atom. The first-order chi connectivity index (χ1) is 8.29. The molecule has 2 nitrogen and oxygen atoms in total. The molecule has 84 valence electrons. The van der Waals surface area contributed by atoms with Gasteiger partial charge in [0, 0.05) is 17.8 Å². The number of hydrogen-bond acceptors (Lipinski definition) is 2. The first-order valence-corrected chi connectivity index (χ1v) is 5.35. The molecule has 1 aromatic heterocycles. The maximum Gasteiger partial charge on any atom is 0.123 e. The predicted octanol–water partition coefficient (Wildman–Crippen LogP) is 3.02. The summed E-state index contributed by atoms with van der Waals surface area (Å²) in [6.07, 6.45) is 3.41. The highest BCUT2D eigenvalue weighted by molar-refractivity contribution is 6.08. The average molecular weight is 227 g/mol. The van der Waals surface area contributed by atoms with Crippen molar-refractivity contribution in [2.45, 2.75) is 6.61 Å². The zero-order chi connectivity index (χ0) is 11.8. The van der Waals surface area contributed by atoms with E-state index in [-0.39, 0.29) is 12.4 Å². The fourth-order valence-corrected chi connectivity index (χ4v) is 2.17. The molecule has 0 aliphatic heterocycles. The van der Waals surface area contributed by atoms with Crippen molar-refractivity contribution in [3.05, 3.63) is 54.1 Å². The number of nitrogens with zero attached hydrogens (tertiary/aromatic N) is 1. The number of aliphatic hydroxyl groups is 1. The van der Waals surface area contributed by atoms with Crippen LogP contribution in [-0.4, -0.2) is 10.1 Å². The normalized spacial score (nSPS) is 11.2. The number of fused-ring (bicyclic) bond motifs is 3. The lowest BCUT2D eigenvalue weighted by Crippen LogP contribution is -1.89. The summed E-state index contributed by atoms with van der Waals surface area (Å²) in [4.78, 5) is 4.06. The van der Waals surface area contributed by atoms with Crippen molar-refractivity contribution in [2.24, 2.45) is 0 Å². The molecule has 0 unspecified atom stereocenters. The molecule has 0 saturated carbocycles. The summed E-state index contributed by atoms with van der Waals surface area (Å²) in [6, 6.07) is 8.36. The van der Waals surface area contributed by atoms with Crippen LogP contribution in [0.25, 0.3) is 21.5 Å². The smallest absolute Gasteiger partial charge is 0.123 e. The Morgan fingerprint density at radius 2 is 1.94 bits per heavy atom. The van der Waals surface area contributed by atoms with Crippen LogP contribution in [0.4, 0.5) is 4.39 Å². The molecule has 3 heteroatoms. The van der Waals surface area contributed by atoms with E-state index >= 15 is 0 Å². The molecule has 3 aromatic rings. The van der Waals surface area contributed by atoms with Gasteiger partial charge in [0.05, 0.1) is 6.61 Å². The van der Waals surface area contributed by atoms with Crippen LogP contribution in [0.1, 0.15) is 5.56 Å². The maximum absolute atomic E-state index is 13.3. The van der Waals surface area contributed by atoms with Crippen LogP contribution < -0.4 is 0 Å². The van der Waals surface area contributed by atoms with Gasteiger partial charge in [-0.25, -0.2) is 4.39 Å². The van der Waals surface area contributed by atoms with Crippen LogP contribution in [0.3, 0.4) is 0 Å². The van der Waals surface area contributed by atoms with Gasteiger partial charge in [0.15, 0.2) is 0 Å². The van der Waals surface area contributed by atoms with Gasteiger partial charge in [-0.1, -0.05) is 6.07 Å². The molecule has 17 heavy (non-hydrogen) atoms. The van der Waals surface area contributed by atoms with Crippen LogP contribution in [0.2, 0.25) is 0 Å². The summed E-state index contributed by atoms with van der Waals surface area (Å²) in [5, 5.41) is 12.9. The molecule has 0 fully saturated rings. The van der Waals surface area contributed by atoms with E-state index in [9.17, 15) is 9.50 Å². The Labute approximate surface area is 97.3 Å². The highest BCUT2D eigenvalue weighted by Gasteiger charge is 2.06. The van der Waals surface area contributed by atoms with E-state index in [1.54, 1.807) is 18.5 Å². The number of aromatic nitrogens is 1. The molecule has 2 aromatic carbocycles. The Morgan fingerprint density at radius 3 is 2.76 bits per heavy atom. The molecule has 1 N–H and O–H groups in total. The molecule has 0 atom stereocenters. The van der Waals surface area contributed by atoms with Crippen molar-refractivity contribution >= 4 is 21.5 Å². The molecular weight excluding hydrogens is 217 g/mol. The SMILES string of the molecule is OCc1cc2ccncc2c2cc(F)ccc12. The number of halogens is 1. The van der Waals surface area contributed by atoms with Gasteiger partial charge in [-0.15, -0.1) is 0 Å². The second-order valence-electron chi connectivity index (χ2n) is 3.98. The minimum Gasteiger partial charge on any atom is -0.392 e. The third kappa shape index (κ3) is 1.56. The van der Waals surface area contributed by atoms with Crippen molar-refractivity contribution in [3.8, 4) is 0 Å². The van der Waals surface area contributed by atoms with Crippen molar-refractivity contribution < 1.29 is 9.50 Å². The van der Waals surface area contributed by atoms with E-state index < -0.39 is 0 Å². The van der Waals surface area contributed by atoms with Gasteiger partial charge >= 0.3 is 0 Å². The van der Waals surface area contributed by atoms with Crippen molar-refractivity contribution in [2.75, 3.05) is 0 Å². The third-order valence-corrected chi connectivity index (χ3v) is 2.97. The van der Waals surface area contributed by atoms with Gasteiger partial charge in [-0.3, -0.25) is 4.98 Å². The molecule has 0 radical (unpaired) electrons. The number of rotatable bonds is 1. The largest absolute Gasteiger partial charge is 0.392 e. The van der Waals surface area contributed by atoms with Crippen LogP contribution in [0.5, 0.6) is 0 Å². The lowest BCUT2D eigenvalue weighted by Gasteiger charge is -2.08.